The molecular formula is C17H15N3O3. The van der Waals surface area contributed by atoms with Gasteiger partial charge in [0.1, 0.15) is 0 Å². The highest BCUT2D eigenvalue weighted by Gasteiger charge is 2.15. The number of imidazole rings is 1. The molecule has 6 heteroatoms. The van der Waals surface area contributed by atoms with E-state index in [0.717, 1.165) is 5.56 Å². The van der Waals surface area contributed by atoms with Crippen LogP contribution in [0.3, 0.4) is 0 Å². The summed E-state index contributed by atoms with van der Waals surface area (Å²) in [6.45, 7) is 1.80. The summed E-state index contributed by atoms with van der Waals surface area (Å²) < 4.78 is 6.81. The zero-order chi connectivity index (χ0) is 16.4. The van der Waals surface area contributed by atoms with Crippen LogP contribution in [0.2, 0.25) is 0 Å². The van der Waals surface area contributed by atoms with E-state index >= 15 is 0 Å². The number of hydrogen-bond acceptors (Lipinski definition) is 4. The summed E-state index contributed by atoms with van der Waals surface area (Å²) in [5, 5.41) is 2.73. The lowest BCUT2D eigenvalue weighted by atomic mass is 10.1. The Hall–Kier alpha value is -3.15. The molecule has 116 valence electrons. The van der Waals surface area contributed by atoms with Crippen LogP contribution in [0.5, 0.6) is 0 Å². The van der Waals surface area contributed by atoms with E-state index in [1.165, 1.54) is 6.26 Å². The molecule has 0 radical (unpaired) electrons. The molecule has 0 saturated heterocycles. The van der Waals surface area contributed by atoms with Gasteiger partial charge in [0.15, 0.2) is 11.6 Å². The molecule has 6 nitrogen and oxygen atoms in total. The monoisotopic (exact) mass is 309 g/mol. The van der Waals surface area contributed by atoms with Crippen molar-refractivity contribution in [1.29, 1.82) is 0 Å². The van der Waals surface area contributed by atoms with Crippen LogP contribution in [-0.4, -0.2) is 21.2 Å². The second kappa shape index (κ2) is 5.92. The van der Waals surface area contributed by atoms with Crippen molar-refractivity contribution < 1.29 is 14.0 Å². The first-order valence-electron chi connectivity index (χ1n) is 7.04. The van der Waals surface area contributed by atoms with Gasteiger partial charge in [-0.2, -0.15) is 0 Å². The van der Waals surface area contributed by atoms with Crippen LogP contribution in [0.15, 0.2) is 53.4 Å². The molecule has 0 bridgehead atoms. The van der Waals surface area contributed by atoms with Gasteiger partial charge in [-0.05, 0) is 37.3 Å². The van der Waals surface area contributed by atoms with Crippen molar-refractivity contribution in [3.63, 3.8) is 0 Å². The van der Waals surface area contributed by atoms with E-state index in [1.807, 2.05) is 0 Å². The quantitative estimate of drug-likeness (QED) is 0.752. The molecule has 0 aliphatic carbocycles. The Morgan fingerprint density at radius 3 is 2.48 bits per heavy atom. The van der Waals surface area contributed by atoms with Gasteiger partial charge in [-0.3, -0.25) is 9.59 Å². The molecule has 2 heterocycles. The number of nitrogens with one attached hydrogen (secondary N) is 1. The Morgan fingerprint density at radius 2 is 1.91 bits per heavy atom. The minimum atomic E-state index is -0.323. The molecule has 0 aliphatic heterocycles. The Morgan fingerprint density at radius 1 is 1.17 bits per heavy atom. The van der Waals surface area contributed by atoms with Gasteiger partial charge in [0.2, 0.25) is 5.78 Å². The summed E-state index contributed by atoms with van der Waals surface area (Å²) >= 11 is 0. The summed E-state index contributed by atoms with van der Waals surface area (Å²) in [5.74, 6) is 0.152. The summed E-state index contributed by atoms with van der Waals surface area (Å²) in [5.41, 5.74) is 1.86. The van der Waals surface area contributed by atoms with Crippen molar-refractivity contribution in [3.05, 3.63) is 71.7 Å². The minimum absolute atomic E-state index is 0.169. The summed E-state index contributed by atoms with van der Waals surface area (Å²) in [7, 11) is 1.76. The van der Waals surface area contributed by atoms with Crippen LogP contribution in [0, 0.1) is 6.92 Å². The van der Waals surface area contributed by atoms with Crippen molar-refractivity contribution in [1.82, 2.24) is 9.55 Å². The van der Waals surface area contributed by atoms with Crippen molar-refractivity contribution in [2.75, 3.05) is 5.32 Å². The second-order valence-electron chi connectivity index (χ2n) is 5.16. The molecule has 1 amide bonds. The molecule has 0 spiro atoms. The van der Waals surface area contributed by atoms with E-state index in [-0.39, 0.29) is 17.5 Å². The van der Waals surface area contributed by atoms with Gasteiger partial charge in [0, 0.05) is 36.3 Å². The predicted octanol–water partition coefficient (Wildman–Crippen LogP) is 2.80. The average molecular weight is 309 g/mol. The van der Waals surface area contributed by atoms with Crippen LogP contribution >= 0.6 is 0 Å². The van der Waals surface area contributed by atoms with Crippen molar-refractivity contribution in [2.24, 2.45) is 7.05 Å². The number of aromatic nitrogens is 2. The lowest BCUT2D eigenvalue weighted by Gasteiger charge is -2.06. The Labute approximate surface area is 132 Å². The molecule has 0 saturated carbocycles. The lowest BCUT2D eigenvalue weighted by molar-refractivity contribution is 0.0994. The standard InChI is InChI=1S/C17H15N3O3/c1-11-7-10-23-15(11)17(22)19-13-5-3-12(4-6-13)14(21)16-18-8-9-20(16)2/h3-10H,1-2H3,(H,19,22). The third-order valence-corrected chi connectivity index (χ3v) is 3.50. The smallest absolute Gasteiger partial charge is 0.291 e. The summed E-state index contributed by atoms with van der Waals surface area (Å²) in [6, 6.07) is 8.38. The van der Waals surface area contributed by atoms with E-state index < -0.39 is 0 Å². The highest BCUT2D eigenvalue weighted by Crippen LogP contribution is 2.15. The maximum absolute atomic E-state index is 12.3. The van der Waals surface area contributed by atoms with Crippen molar-refractivity contribution in [3.8, 4) is 0 Å². The fourth-order valence-corrected chi connectivity index (χ4v) is 2.21. The maximum atomic E-state index is 12.3. The summed E-state index contributed by atoms with van der Waals surface area (Å²) in [4.78, 5) is 28.4. The van der Waals surface area contributed by atoms with Crippen LogP contribution in [0.25, 0.3) is 0 Å². The van der Waals surface area contributed by atoms with E-state index in [0.29, 0.717) is 17.1 Å². The first kappa shape index (κ1) is 14.8. The van der Waals surface area contributed by atoms with Gasteiger partial charge in [-0.25, -0.2) is 4.98 Å². The Bertz CT molecular complexity index is 859. The van der Waals surface area contributed by atoms with Gasteiger partial charge in [-0.1, -0.05) is 0 Å². The highest BCUT2D eigenvalue weighted by molar-refractivity contribution is 6.07. The number of nitrogens with zero attached hydrogens (tertiary/aromatic N) is 2. The van der Waals surface area contributed by atoms with Gasteiger partial charge in [-0.15, -0.1) is 0 Å². The fourth-order valence-electron chi connectivity index (χ4n) is 2.21. The molecule has 0 aliphatic rings. The third kappa shape index (κ3) is 2.91. The van der Waals surface area contributed by atoms with Gasteiger partial charge in [0.05, 0.1) is 6.26 Å². The van der Waals surface area contributed by atoms with Gasteiger partial charge in [0.25, 0.3) is 5.91 Å². The first-order chi connectivity index (χ1) is 11.1. The van der Waals surface area contributed by atoms with E-state index in [4.69, 9.17) is 4.42 Å². The first-order valence-corrected chi connectivity index (χ1v) is 7.04. The molecule has 1 N–H and O–H groups in total. The van der Waals surface area contributed by atoms with Crippen LogP contribution < -0.4 is 5.32 Å². The number of anilines is 1. The average Bonchev–Trinajstić information content (AvgIpc) is 3.15. The van der Waals surface area contributed by atoms with Crippen molar-refractivity contribution >= 4 is 17.4 Å². The Balaban J connectivity index is 1.75. The molecular weight excluding hydrogens is 294 g/mol. The number of amides is 1. The number of carbonyl (C=O) groups excluding carboxylic acids is 2. The maximum Gasteiger partial charge on any atom is 0.291 e. The van der Waals surface area contributed by atoms with E-state index in [9.17, 15) is 9.59 Å². The number of rotatable bonds is 4. The zero-order valence-corrected chi connectivity index (χ0v) is 12.7. The molecule has 3 rings (SSSR count). The lowest BCUT2D eigenvalue weighted by Crippen LogP contribution is -2.12. The van der Waals surface area contributed by atoms with Gasteiger partial charge < -0.3 is 14.3 Å². The molecule has 0 atom stereocenters. The highest BCUT2D eigenvalue weighted by atomic mass is 16.3. The molecule has 2 aromatic heterocycles. The van der Waals surface area contributed by atoms with Crippen LogP contribution in [0.1, 0.15) is 32.3 Å². The zero-order valence-electron chi connectivity index (χ0n) is 12.7. The number of aryl methyl sites for hydroxylation is 2. The van der Waals surface area contributed by atoms with E-state index in [1.54, 1.807) is 61.3 Å². The number of benzene rings is 1. The predicted molar refractivity (Wildman–Crippen MR) is 84.5 cm³/mol. The number of ketones is 1. The Kier molecular flexibility index (Phi) is 3.80. The number of furan rings is 1. The largest absolute Gasteiger partial charge is 0.459 e. The van der Waals surface area contributed by atoms with Crippen LogP contribution in [0.4, 0.5) is 5.69 Å². The SMILES string of the molecule is Cc1ccoc1C(=O)Nc1ccc(C(=O)c2nccn2C)cc1. The second-order valence-corrected chi connectivity index (χ2v) is 5.16. The molecule has 0 fully saturated rings. The fraction of sp³-hybridized carbons (Fsp3) is 0.118. The van der Waals surface area contributed by atoms with Gasteiger partial charge >= 0.3 is 0 Å². The molecule has 3 aromatic rings. The minimum Gasteiger partial charge on any atom is -0.459 e. The van der Waals surface area contributed by atoms with Crippen LogP contribution in [-0.2, 0) is 7.05 Å². The molecule has 0 unspecified atom stereocenters. The molecule has 1 aromatic carbocycles. The third-order valence-electron chi connectivity index (χ3n) is 3.50. The topological polar surface area (TPSA) is 77.1 Å². The number of carbonyl (C=O) groups is 2. The summed E-state index contributed by atoms with van der Waals surface area (Å²) in [6.07, 6.45) is 4.76. The van der Waals surface area contributed by atoms with Crippen molar-refractivity contribution in [2.45, 2.75) is 6.92 Å². The normalized spacial score (nSPS) is 10.5. The number of hydrogen-bond donors (Lipinski definition) is 1. The molecule has 23 heavy (non-hydrogen) atoms. The van der Waals surface area contributed by atoms with E-state index in [2.05, 4.69) is 10.3 Å².